The maximum absolute atomic E-state index is 12.0. The summed E-state index contributed by atoms with van der Waals surface area (Å²) in [7, 11) is 0. The van der Waals surface area contributed by atoms with E-state index in [0.29, 0.717) is 11.4 Å². The normalized spacial score (nSPS) is 18.5. The smallest absolute Gasteiger partial charge is 0.312 e. The Bertz CT molecular complexity index is 922. The first-order valence-electron chi connectivity index (χ1n) is 8.06. The van der Waals surface area contributed by atoms with Crippen LogP contribution in [0.4, 0.5) is 5.69 Å². The van der Waals surface area contributed by atoms with Crippen LogP contribution >= 0.6 is 11.6 Å². The molecule has 26 heavy (non-hydrogen) atoms. The summed E-state index contributed by atoms with van der Waals surface area (Å²) in [6, 6.07) is 11.3. The molecule has 2 aromatic carbocycles. The zero-order chi connectivity index (χ0) is 18.7. The van der Waals surface area contributed by atoms with Gasteiger partial charge in [0, 0.05) is 11.1 Å². The Labute approximate surface area is 155 Å². The molecule has 3 rings (SSSR count). The molecular formula is C19H15ClN2O4. The zero-order valence-electron chi connectivity index (χ0n) is 13.8. The van der Waals surface area contributed by atoms with Gasteiger partial charge in [-0.1, -0.05) is 17.7 Å². The summed E-state index contributed by atoms with van der Waals surface area (Å²) in [5.41, 5.74) is 0.845. The number of nitrogens with zero attached hydrogens (tertiary/aromatic N) is 2. The molecule has 0 aromatic heterocycles. The van der Waals surface area contributed by atoms with E-state index >= 15 is 0 Å². The monoisotopic (exact) mass is 370 g/mol. The van der Waals surface area contributed by atoms with Crippen molar-refractivity contribution >= 4 is 23.6 Å². The van der Waals surface area contributed by atoms with E-state index in [1.807, 2.05) is 18.2 Å². The number of rotatable bonds is 5. The van der Waals surface area contributed by atoms with E-state index in [1.54, 1.807) is 6.07 Å². The molecule has 0 aliphatic heterocycles. The molecule has 0 amide bonds. The predicted molar refractivity (Wildman–Crippen MR) is 95.4 cm³/mol. The predicted octanol–water partition coefficient (Wildman–Crippen LogP) is 3.97. The average molecular weight is 371 g/mol. The molecule has 0 saturated carbocycles. The Morgan fingerprint density at radius 1 is 1.35 bits per heavy atom. The maximum Gasteiger partial charge on any atom is 0.312 e. The van der Waals surface area contributed by atoms with Crippen molar-refractivity contribution in [3.8, 4) is 11.8 Å². The summed E-state index contributed by atoms with van der Waals surface area (Å²) in [6.45, 7) is -0.0160. The summed E-state index contributed by atoms with van der Waals surface area (Å²) in [6.07, 6.45) is 3.07. The lowest BCUT2D eigenvalue weighted by atomic mass is 9.71. The van der Waals surface area contributed by atoms with Gasteiger partial charge in [0.1, 0.15) is 12.9 Å². The molecule has 1 atom stereocenters. The van der Waals surface area contributed by atoms with Crippen LogP contribution in [0.5, 0.6) is 5.75 Å². The van der Waals surface area contributed by atoms with E-state index in [1.165, 1.54) is 12.1 Å². The summed E-state index contributed by atoms with van der Waals surface area (Å²) in [5.74, 6) is 0.0383. The molecule has 0 radical (unpaired) electrons. The lowest BCUT2D eigenvalue weighted by Crippen LogP contribution is -2.38. The Balaban J connectivity index is 1.93. The fourth-order valence-corrected chi connectivity index (χ4v) is 3.54. The summed E-state index contributed by atoms with van der Waals surface area (Å²) >= 11 is 6.05. The van der Waals surface area contributed by atoms with Gasteiger partial charge in [-0.15, -0.1) is 0 Å². The van der Waals surface area contributed by atoms with Gasteiger partial charge in [0.2, 0.25) is 0 Å². The van der Waals surface area contributed by atoms with Gasteiger partial charge in [0.05, 0.1) is 22.0 Å². The highest BCUT2D eigenvalue weighted by Crippen LogP contribution is 2.38. The van der Waals surface area contributed by atoms with Crippen LogP contribution in [-0.2, 0) is 16.6 Å². The molecule has 0 N–H and O–H groups in total. The third-order valence-electron chi connectivity index (χ3n) is 4.67. The average Bonchev–Trinajstić information content (AvgIpc) is 2.65. The van der Waals surface area contributed by atoms with Crippen molar-refractivity contribution in [2.75, 3.05) is 6.61 Å². The second-order valence-electron chi connectivity index (χ2n) is 6.27. The number of carbonyl (C=O) groups is 1. The molecule has 1 aliphatic carbocycles. The zero-order valence-corrected chi connectivity index (χ0v) is 14.5. The van der Waals surface area contributed by atoms with Crippen LogP contribution in [-0.4, -0.2) is 17.8 Å². The van der Waals surface area contributed by atoms with Crippen molar-refractivity contribution < 1.29 is 14.5 Å². The lowest BCUT2D eigenvalue weighted by Gasteiger charge is -2.34. The number of aryl methyl sites for hydroxylation is 1. The fraction of sp³-hybridized carbons (Fsp3) is 0.263. The Morgan fingerprint density at radius 2 is 2.15 bits per heavy atom. The molecule has 2 aromatic rings. The third kappa shape index (κ3) is 3.26. The van der Waals surface area contributed by atoms with Crippen molar-refractivity contribution in [2.24, 2.45) is 0 Å². The van der Waals surface area contributed by atoms with Gasteiger partial charge in [0.25, 0.3) is 0 Å². The minimum Gasteiger partial charge on any atom is -0.485 e. The molecule has 0 spiro atoms. The van der Waals surface area contributed by atoms with E-state index in [-0.39, 0.29) is 23.6 Å². The topological polar surface area (TPSA) is 93.2 Å². The van der Waals surface area contributed by atoms with Gasteiger partial charge >= 0.3 is 5.69 Å². The maximum atomic E-state index is 12.0. The van der Waals surface area contributed by atoms with Crippen LogP contribution in [0.25, 0.3) is 0 Å². The van der Waals surface area contributed by atoms with Crippen LogP contribution in [0.15, 0.2) is 36.4 Å². The van der Waals surface area contributed by atoms with E-state index in [9.17, 15) is 14.9 Å². The van der Waals surface area contributed by atoms with Crippen molar-refractivity contribution in [3.63, 3.8) is 0 Å². The molecule has 132 valence electrons. The molecule has 0 fully saturated rings. The number of carbonyl (C=O) groups excluding carboxylic acids is 1. The van der Waals surface area contributed by atoms with Crippen molar-refractivity contribution in [3.05, 3.63) is 68.2 Å². The van der Waals surface area contributed by atoms with Crippen molar-refractivity contribution in [1.29, 1.82) is 5.26 Å². The fourth-order valence-electron chi connectivity index (χ4n) is 3.35. The Kier molecular flexibility index (Phi) is 4.92. The first-order chi connectivity index (χ1) is 12.5. The van der Waals surface area contributed by atoms with Crippen molar-refractivity contribution in [1.82, 2.24) is 0 Å². The number of fused-ring (bicyclic) bond motifs is 1. The third-order valence-corrected chi connectivity index (χ3v) is 4.90. The summed E-state index contributed by atoms with van der Waals surface area (Å²) in [4.78, 5) is 22.6. The van der Waals surface area contributed by atoms with Gasteiger partial charge in [-0.25, -0.2) is 0 Å². The van der Waals surface area contributed by atoms with Crippen LogP contribution in [0.2, 0.25) is 5.02 Å². The second kappa shape index (κ2) is 7.14. The summed E-state index contributed by atoms with van der Waals surface area (Å²) in [5, 5.41) is 20.8. The molecule has 0 heterocycles. The highest BCUT2D eigenvalue weighted by molar-refractivity contribution is 6.30. The number of nitriles is 1. The van der Waals surface area contributed by atoms with Crippen LogP contribution in [0.3, 0.4) is 0 Å². The second-order valence-corrected chi connectivity index (χ2v) is 6.71. The Morgan fingerprint density at radius 3 is 2.85 bits per heavy atom. The Hall–Kier alpha value is -2.91. The standard InChI is InChI=1S/C19H15ClN2O4/c20-15-4-5-16-14(9-15)2-1-7-19(16,11-23)12-26-18-6-3-13(10-21)8-17(18)22(24)25/h3-6,8-9,11H,1-2,7,12H2/t19-/m0/s1. The SMILES string of the molecule is N#Cc1ccc(OC[C@@]2(C=O)CCCc3cc(Cl)ccc32)c([N+](=O)[O-])c1. The van der Waals surface area contributed by atoms with Gasteiger partial charge in [-0.2, -0.15) is 5.26 Å². The van der Waals surface area contributed by atoms with Crippen LogP contribution < -0.4 is 4.74 Å². The highest BCUT2D eigenvalue weighted by atomic mass is 35.5. The van der Waals surface area contributed by atoms with E-state index in [2.05, 4.69) is 0 Å². The number of ether oxygens (including phenoxy) is 1. The number of nitro groups is 1. The van der Waals surface area contributed by atoms with Crippen molar-refractivity contribution in [2.45, 2.75) is 24.7 Å². The van der Waals surface area contributed by atoms with E-state index in [0.717, 1.165) is 36.3 Å². The number of aldehydes is 1. The first kappa shape index (κ1) is 17.9. The highest BCUT2D eigenvalue weighted by Gasteiger charge is 2.38. The van der Waals surface area contributed by atoms with Gasteiger partial charge in [0.15, 0.2) is 5.75 Å². The molecule has 7 heteroatoms. The van der Waals surface area contributed by atoms with E-state index < -0.39 is 10.3 Å². The number of halogens is 1. The number of hydrogen-bond acceptors (Lipinski definition) is 5. The number of nitro benzene ring substituents is 1. The van der Waals surface area contributed by atoms with Gasteiger partial charge in [-0.05, 0) is 54.7 Å². The van der Waals surface area contributed by atoms with Crippen LogP contribution in [0, 0.1) is 21.4 Å². The number of hydrogen-bond donors (Lipinski definition) is 0. The minimum atomic E-state index is -0.875. The minimum absolute atomic E-state index is 0.0160. The molecule has 6 nitrogen and oxygen atoms in total. The van der Waals surface area contributed by atoms with Crippen LogP contribution in [0.1, 0.15) is 29.5 Å². The molecule has 0 bridgehead atoms. The number of benzene rings is 2. The lowest BCUT2D eigenvalue weighted by molar-refractivity contribution is -0.385. The molecule has 0 unspecified atom stereocenters. The quantitative estimate of drug-likeness (QED) is 0.451. The molecular weight excluding hydrogens is 356 g/mol. The summed E-state index contributed by atoms with van der Waals surface area (Å²) < 4.78 is 5.70. The van der Waals surface area contributed by atoms with Gasteiger partial charge < -0.3 is 9.53 Å². The first-order valence-corrected chi connectivity index (χ1v) is 8.43. The molecule has 1 aliphatic rings. The largest absolute Gasteiger partial charge is 0.485 e. The van der Waals surface area contributed by atoms with E-state index in [4.69, 9.17) is 21.6 Å². The van der Waals surface area contributed by atoms with Gasteiger partial charge in [-0.3, -0.25) is 10.1 Å². The molecule has 0 saturated heterocycles.